The van der Waals surface area contributed by atoms with Gasteiger partial charge in [0.2, 0.25) is 0 Å². The van der Waals surface area contributed by atoms with Crippen molar-refractivity contribution < 1.29 is 4.39 Å². The predicted molar refractivity (Wildman–Crippen MR) is 60.1 cm³/mol. The molecule has 0 unspecified atom stereocenters. The minimum absolute atomic E-state index is 0.232. The maximum atomic E-state index is 13.5. The van der Waals surface area contributed by atoms with Gasteiger partial charge in [-0.3, -0.25) is 0 Å². The van der Waals surface area contributed by atoms with Gasteiger partial charge in [0.1, 0.15) is 16.9 Å². The van der Waals surface area contributed by atoms with Crippen LogP contribution < -0.4 is 5.73 Å². The second kappa shape index (κ2) is 4.39. The number of nitriles is 1. The van der Waals surface area contributed by atoms with E-state index in [9.17, 15) is 4.39 Å². The lowest BCUT2D eigenvalue weighted by atomic mass is 10.1. The number of nitrogens with zero attached hydrogens (tertiary/aromatic N) is 2. The molecule has 3 nitrogen and oxygen atoms in total. The Hall–Kier alpha value is -1.77. The van der Waals surface area contributed by atoms with Gasteiger partial charge in [0, 0.05) is 12.1 Å². The van der Waals surface area contributed by atoms with E-state index in [2.05, 4.69) is 4.98 Å². The lowest BCUT2D eigenvalue weighted by Crippen LogP contribution is -1.94. The Morgan fingerprint density at radius 2 is 2.19 bits per heavy atom. The van der Waals surface area contributed by atoms with Crippen LogP contribution in [0, 0.1) is 17.1 Å². The van der Waals surface area contributed by atoms with Crippen LogP contribution in [0.4, 0.5) is 4.39 Å². The molecule has 0 atom stereocenters. The van der Waals surface area contributed by atoms with Crippen LogP contribution in [-0.2, 0) is 6.54 Å². The van der Waals surface area contributed by atoms with Gasteiger partial charge >= 0.3 is 0 Å². The molecule has 80 valence electrons. The minimum Gasteiger partial charge on any atom is -0.325 e. The van der Waals surface area contributed by atoms with Crippen LogP contribution in [0.3, 0.4) is 0 Å². The first-order valence-electron chi connectivity index (χ1n) is 4.61. The maximum absolute atomic E-state index is 13.5. The molecule has 0 radical (unpaired) electrons. The molecule has 0 spiro atoms. The monoisotopic (exact) mass is 233 g/mol. The van der Waals surface area contributed by atoms with Crippen molar-refractivity contribution in [1.82, 2.24) is 4.98 Å². The fourth-order valence-corrected chi connectivity index (χ4v) is 2.27. The molecule has 0 aliphatic rings. The molecule has 2 N–H and O–H groups in total. The largest absolute Gasteiger partial charge is 0.325 e. The number of hydrogen-bond acceptors (Lipinski definition) is 4. The SMILES string of the molecule is N#Cc1nc(CN)sc1-c1ccccc1F. The first kappa shape index (κ1) is 10.7. The van der Waals surface area contributed by atoms with Crippen LogP contribution in [0.1, 0.15) is 10.7 Å². The van der Waals surface area contributed by atoms with E-state index in [4.69, 9.17) is 11.0 Å². The summed E-state index contributed by atoms with van der Waals surface area (Å²) in [6.07, 6.45) is 0. The Morgan fingerprint density at radius 3 is 2.81 bits per heavy atom. The number of aromatic nitrogens is 1. The van der Waals surface area contributed by atoms with Gasteiger partial charge in [-0.25, -0.2) is 9.37 Å². The molecule has 2 rings (SSSR count). The number of rotatable bonds is 2. The smallest absolute Gasteiger partial charge is 0.159 e. The summed E-state index contributed by atoms with van der Waals surface area (Å²) in [4.78, 5) is 4.57. The van der Waals surface area contributed by atoms with Crippen LogP contribution in [0.5, 0.6) is 0 Å². The highest BCUT2D eigenvalue weighted by Gasteiger charge is 2.14. The van der Waals surface area contributed by atoms with Crippen LogP contribution in [0.25, 0.3) is 10.4 Å². The highest BCUT2D eigenvalue weighted by Crippen LogP contribution is 2.31. The first-order chi connectivity index (χ1) is 7.76. The number of nitrogens with two attached hydrogens (primary N) is 1. The summed E-state index contributed by atoms with van der Waals surface area (Å²) in [7, 11) is 0. The summed E-state index contributed by atoms with van der Waals surface area (Å²) < 4.78 is 13.5. The Balaban J connectivity index is 2.60. The van der Waals surface area contributed by atoms with Gasteiger partial charge in [0.15, 0.2) is 5.69 Å². The van der Waals surface area contributed by atoms with Gasteiger partial charge in [-0.15, -0.1) is 11.3 Å². The topological polar surface area (TPSA) is 62.7 Å². The van der Waals surface area contributed by atoms with E-state index < -0.39 is 0 Å². The zero-order chi connectivity index (χ0) is 11.5. The third-order valence-corrected chi connectivity index (χ3v) is 3.18. The molecular weight excluding hydrogens is 225 g/mol. The first-order valence-corrected chi connectivity index (χ1v) is 5.42. The summed E-state index contributed by atoms with van der Waals surface area (Å²) in [6, 6.07) is 8.27. The van der Waals surface area contributed by atoms with Crippen LogP contribution in [0.15, 0.2) is 24.3 Å². The van der Waals surface area contributed by atoms with E-state index in [1.807, 2.05) is 6.07 Å². The van der Waals surface area contributed by atoms with Crippen molar-refractivity contribution in [2.75, 3.05) is 0 Å². The van der Waals surface area contributed by atoms with Crippen molar-refractivity contribution in [2.24, 2.45) is 5.73 Å². The molecule has 16 heavy (non-hydrogen) atoms. The highest BCUT2D eigenvalue weighted by atomic mass is 32.1. The molecule has 1 heterocycles. The number of thiazole rings is 1. The van der Waals surface area contributed by atoms with Gasteiger partial charge in [-0.1, -0.05) is 18.2 Å². The fourth-order valence-electron chi connectivity index (χ4n) is 1.36. The van der Waals surface area contributed by atoms with Crippen molar-refractivity contribution in [1.29, 1.82) is 5.26 Å². The summed E-state index contributed by atoms with van der Waals surface area (Å²) in [5.41, 5.74) is 6.08. The minimum atomic E-state index is -0.355. The lowest BCUT2D eigenvalue weighted by Gasteiger charge is -1.98. The van der Waals surface area contributed by atoms with E-state index in [0.29, 0.717) is 15.4 Å². The summed E-state index contributed by atoms with van der Waals surface area (Å²) in [6.45, 7) is 0.258. The van der Waals surface area contributed by atoms with E-state index in [1.54, 1.807) is 18.2 Å². The van der Waals surface area contributed by atoms with Crippen molar-refractivity contribution >= 4 is 11.3 Å². The van der Waals surface area contributed by atoms with Gasteiger partial charge in [0.25, 0.3) is 0 Å². The Labute approximate surface area is 96.0 Å². The standard InChI is InChI=1S/C11H8FN3S/c12-8-4-2-1-3-7(8)11-9(5-13)15-10(6-14)16-11/h1-4H,6,14H2. The molecule has 0 aliphatic heterocycles. The van der Waals surface area contributed by atoms with E-state index in [-0.39, 0.29) is 18.1 Å². The molecule has 0 fully saturated rings. The molecule has 2 aromatic rings. The second-order valence-corrected chi connectivity index (χ2v) is 4.16. The van der Waals surface area contributed by atoms with E-state index in [1.165, 1.54) is 17.4 Å². The van der Waals surface area contributed by atoms with Crippen molar-refractivity contribution in [3.05, 3.63) is 40.8 Å². The second-order valence-electron chi connectivity index (χ2n) is 3.08. The molecule has 5 heteroatoms. The summed E-state index contributed by atoms with van der Waals surface area (Å²) in [5, 5.41) is 9.54. The van der Waals surface area contributed by atoms with Gasteiger partial charge in [-0.05, 0) is 6.07 Å². The van der Waals surface area contributed by atoms with Crippen LogP contribution >= 0.6 is 11.3 Å². The van der Waals surface area contributed by atoms with Crippen molar-refractivity contribution in [3.8, 4) is 16.5 Å². The van der Waals surface area contributed by atoms with Gasteiger partial charge < -0.3 is 5.73 Å². The number of benzene rings is 1. The van der Waals surface area contributed by atoms with E-state index in [0.717, 1.165) is 0 Å². The zero-order valence-corrected chi connectivity index (χ0v) is 9.09. The normalized spacial score (nSPS) is 10.1. The third kappa shape index (κ3) is 1.81. The maximum Gasteiger partial charge on any atom is 0.159 e. The average Bonchev–Trinajstić information content (AvgIpc) is 2.72. The highest BCUT2D eigenvalue weighted by molar-refractivity contribution is 7.15. The van der Waals surface area contributed by atoms with Crippen molar-refractivity contribution in [2.45, 2.75) is 6.54 Å². The lowest BCUT2D eigenvalue weighted by molar-refractivity contribution is 0.631. The van der Waals surface area contributed by atoms with E-state index >= 15 is 0 Å². The molecule has 0 amide bonds. The summed E-state index contributed by atoms with van der Waals surface area (Å²) >= 11 is 1.25. The quantitative estimate of drug-likeness (QED) is 0.865. The zero-order valence-electron chi connectivity index (χ0n) is 8.27. The van der Waals surface area contributed by atoms with Crippen LogP contribution in [0.2, 0.25) is 0 Å². The molecule has 1 aromatic carbocycles. The molecule has 0 aliphatic carbocycles. The third-order valence-electron chi connectivity index (χ3n) is 2.07. The number of hydrogen-bond donors (Lipinski definition) is 1. The molecule has 0 bridgehead atoms. The van der Waals surface area contributed by atoms with Crippen molar-refractivity contribution in [3.63, 3.8) is 0 Å². The average molecular weight is 233 g/mol. The Bertz CT molecular complexity index is 557. The fraction of sp³-hybridized carbons (Fsp3) is 0.0909. The predicted octanol–water partition coefficient (Wildman–Crippen LogP) is 2.28. The van der Waals surface area contributed by atoms with Gasteiger partial charge in [0.05, 0.1) is 4.88 Å². The molecule has 0 saturated heterocycles. The van der Waals surface area contributed by atoms with Crippen LogP contribution in [-0.4, -0.2) is 4.98 Å². The molecule has 0 saturated carbocycles. The number of halogens is 1. The summed E-state index contributed by atoms with van der Waals surface area (Å²) in [5.74, 6) is -0.355. The Kier molecular flexibility index (Phi) is 2.95. The molecular formula is C11H8FN3S. The molecule has 1 aromatic heterocycles. The van der Waals surface area contributed by atoms with Gasteiger partial charge in [-0.2, -0.15) is 5.26 Å². The Morgan fingerprint density at radius 1 is 1.44 bits per heavy atom.